The van der Waals surface area contributed by atoms with Crippen molar-refractivity contribution in [3.05, 3.63) is 35.6 Å². The SMILES string of the molecule is NC(=O)NC1(Cc2ccc(F)cc2)CC1. The normalized spacial score (nSPS) is 17.1. The first kappa shape index (κ1) is 9.96. The Bertz CT molecular complexity index is 371. The Labute approximate surface area is 87.5 Å². The van der Waals surface area contributed by atoms with Crippen molar-refractivity contribution in [2.45, 2.75) is 24.8 Å². The van der Waals surface area contributed by atoms with Crippen LogP contribution in [0.3, 0.4) is 0 Å². The van der Waals surface area contributed by atoms with Crippen LogP contribution in [0.2, 0.25) is 0 Å². The second kappa shape index (κ2) is 3.53. The lowest BCUT2D eigenvalue weighted by Gasteiger charge is -2.15. The topological polar surface area (TPSA) is 55.1 Å². The van der Waals surface area contributed by atoms with Crippen molar-refractivity contribution in [3.8, 4) is 0 Å². The summed E-state index contributed by atoms with van der Waals surface area (Å²) in [6.07, 6.45) is 2.59. The molecule has 3 nitrogen and oxygen atoms in total. The number of amides is 2. The highest BCUT2D eigenvalue weighted by Crippen LogP contribution is 2.38. The Hall–Kier alpha value is -1.58. The zero-order chi connectivity index (χ0) is 10.9. The summed E-state index contributed by atoms with van der Waals surface area (Å²) < 4.78 is 12.7. The Morgan fingerprint density at radius 2 is 2.00 bits per heavy atom. The number of primary amides is 1. The largest absolute Gasteiger partial charge is 0.352 e. The summed E-state index contributed by atoms with van der Waals surface area (Å²) in [5, 5.41) is 2.74. The number of carbonyl (C=O) groups excluding carboxylic acids is 1. The van der Waals surface area contributed by atoms with E-state index < -0.39 is 6.03 Å². The number of carbonyl (C=O) groups is 1. The first-order chi connectivity index (χ1) is 7.10. The molecular weight excluding hydrogens is 195 g/mol. The highest BCUT2D eigenvalue weighted by molar-refractivity contribution is 5.73. The summed E-state index contributed by atoms with van der Waals surface area (Å²) in [4.78, 5) is 10.8. The Balaban J connectivity index is 2.02. The molecule has 80 valence electrons. The molecule has 2 amide bonds. The van der Waals surface area contributed by atoms with E-state index in [1.807, 2.05) is 0 Å². The molecule has 2 rings (SSSR count). The van der Waals surface area contributed by atoms with Crippen LogP contribution < -0.4 is 11.1 Å². The fourth-order valence-electron chi connectivity index (χ4n) is 1.75. The fourth-order valence-corrected chi connectivity index (χ4v) is 1.75. The van der Waals surface area contributed by atoms with Gasteiger partial charge in [0, 0.05) is 5.54 Å². The van der Waals surface area contributed by atoms with E-state index in [0.29, 0.717) is 0 Å². The molecule has 1 aliphatic carbocycles. The minimum absolute atomic E-state index is 0.177. The van der Waals surface area contributed by atoms with E-state index in [9.17, 15) is 9.18 Å². The highest BCUT2D eigenvalue weighted by atomic mass is 19.1. The Morgan fingerprint density at radius 3 is 2.47 bits per heavy atom. The minimum atomic E-state index is -0.491. The van der Waals surface area contributed by atoms with Crippen molar-refractivity contribution < 1.29 is 9.18 Å². The van der Waals surface area contributed by atoms with Crippen LogP contribution in [0.5, 0.6) is 0 Å². The molecule has 3 N–H and O–H groups in total. The summed E-state index contributed by atoms with van der Waals surface area (Å²) in [7, 11) is 0. The number of rotatable bonds is 3. The van der Waals surface area contributed by atoms with Crippen LogP contribution in [0.1, 0.15) is 18.4 Å². The van der Waals surface area contributed by atoms with Gasteiger partial charge in [0.2, 0.25) is 0 Å². The Kier molecular flexibility index (Phi) is 2.34. The fraction of sp³-hybridized carbons (Fsp3) is 0.364. The molecule has 1 aromatic carbocycles. The second-order valence-corrected chi connectivity index (χ2v) is 4.07. The lowest BCUT2D eigenvalue weighted by Crippen LogP contribution is -2.41. The first-order valence-corrected chi connectivity index (χ1v) is 4.92. The Morgan fingerprint density at radius 1 is 1.40 bits per heavy atom. The molecule has 0 aliphatic heterocycles. The molecule has 0 unspecified atom stereocenters. The maximum atomic E-state index is 12.7. The molecule has 4 heteroatoms. The predicted molar refractivity (Wildman–Crippen MR) is 54.8 cm³/mol. The third-order valence-corrected chi connectivity index (χ3v) is 2.70. The number of hydrogen-bond acceptors (Lipinski definition) is 1. The van der Waals surface area contributed by atoms with Crippen molar-refractivity contribution in [3.63, 3.8) is 0 Å². The molecule has 15 heavy (non-hydrogen) atoms. The van der Waals surface area contributed by atoms with E-state index in [0.717, 1.165) is 24.8 Å². The van der Waals surface area contributed by atoms with Gasteiger partial charge in [-0.05, 0) is 37.0 Å². The van der Waals surface area contributed by atoms with Crippen LogP contribution in [0.25, 0.3) is 0 Å². The third kappa shape index (κ3) is 2.46. The number of halogens is 1. The maximum Gasteiger partial charge on any atom is 0.312 e. The zero-order valence-electron chi connectivity index (χ0n) is 8.29. The zero-order valence-corrected chi connectivity index (χ0v) is 8.29. The summed E-state index contributed by atoms with van der Waals surface area (Å²) >= 11 is 0. The predicted octanol–water partition coefficient (Wildman–Crippen LogP) is 1.57. The van der Waals surface area contributed by atoms with E-state index in [1.165, 1.54) is 12.1 Å². The van der Waals surface area contributed by atoms with Crippen LogP contribution in [-0.4, -0.2) is 11.6 Å². The molecule has 1 aromatic rings. The van der Waals surface area contributed by atoms with Gasteiger partial charge in [-0.15, -0.1) is 0 Å². The van der Waals surface area contributed by atoms with Gasteiger partial charge >= 0.3 is 6.03 Å². The van der Waals surface area contributed by atoms with E-state index >= 15 is 0 Å². The van der Waals surface area contributed by atoms with Gasteiger partial charge in [-0.3, -0.25) is 0 Å². The second-order valence-electron chi connectivity index (χ2n) is 4.07. The molecule has 0 heterocycles. The number of nitrogens with two attached hydrogens (primary N) is 1. The molecule has 0 aromatic heterocycles. The van der Waals surface area contributed by atoms with E-state index in [2.05, 4.69) is 5.32 Å². The smallest absolute Gasteiger partial charge is 0.312 e. The van der Waals surface area contributed by atoms with Crippen LogP contribution >= 0.6 is 0 Å². The summed E-state index contributed by atoms with van der Waals surface area (Å²) in [6, 6.07) is 5.83. The first-order valence-electron chi connectivity index (χ1n) is 4.92. The molecule has 1 saturated carbocycles. The lowest BCUT2D eigenvalue weighted by molar-refractivity contribution is 0.244. The average molecular weight is 208 g/mol. The molecular formula is C11H13FN2O. The number of benzene rings is 1. The maximum absolute atomic E-state index is 12.7. The number of hydrogen-bond donors (Lipinski definition) is 2. The van der Waals surface area contributed by atoms with Gasteiger partial charge in [0.25, 0.3) is 0 Å². The lowest BCUT2D eigenvalue weighted by atomic mass is 10.0. The summed E-state index contributed by atoms with van der Waals surface area (Å²) in [5.41, 5.74) is 5.93. The van der Waals surface area contributed by atoms with Crippen molar-refractivity contribution in [2.75, 3.05) is 0 Å². The van der Waals surface area contributed by atoms with Gasteiger partial charge in [-0.1, -0.05) is 12.1 Å². The summed E-state index contributed by atoms with van der Waals surface area (Å²) in [6.45, 7) is 0. The minimum Gasteiger partial charge on any atom is -0.352 e. The van der Waals surface area contributed by atoms with Gasteiger partial charge in [0.15, 0.2) is 0 Å². The van der Waals surface area contributed by atoms with Crippen LogP contribution in [0.15, 0.2) is 24.3 Å². The van der Waals surface area contributed by atoms with Gasteiger partial charge in [0.1, 0.15) is 5.82 Å². The van der Waals surface area contributed by atoms with Crippen LogP contribution in [0.4, 0.5) is 9.18 Å². The van der Waals surface area contributed by atoms with Crippen LogP contribution in [0, 0.1) is 5.82 Å². The summed E-state index contributed by atoms with van der Waals surface area (Å²) in [5.74, 6) is -0.244. The number of nitrogens with one attached hydrogen (secondary N) is 1. The van der Waals surface area contributed by atoms with Crippen LogP contribution in [-0.2, 0) is 6.42 Å². The van der Waals surface area contributed by atoms with Crippen molar-refractivity contribution >= 4 is 6.03 Å². The third-order valence-electron chi connectivity index (χ3n) is 2.70. The van der Waals surface area contributed by atoms with Gasteiger partial charge in [-0.2, -0.15) is 0 Å². The molecule has 0 bridgehead atoms. The molecule has 0 spiro atoms. The quantitative estimate of drug-likeness (QED) is 0.778. The monoisotopic (exact) mass is 208 g/mol. The average Bonchev–Trinajstić information content (AvgIpc) is 2.88. The highest BCUT2D eigenvalue weighted by Gasteiger charge is 2.43. The standard InChI is InChI=1S/C11H13FN2O/c12-9-3-1-8(2-4-9)7-11(5-6-11)14-10(13)15/h1-4H,5-7H2,(H3,13,14,15). The van der Waals surface area contributed by atoms with Crippen molar-refractivity contribution in [2.24, 2.45) is 5.73 Å². The van der Waals surface area contributed by atoms with Gasteiger partial charge in [0.05, 0.1) is 0 Å². The van der Waals surface area contributed by atoms with Gasteiger partial charge in [-0.25, -0.2) is 9.18 Å². The van der Waals surface area contributed by atoms with E-state index in [-0.39, 0.29) is 11.4 Å². The van der Waals surface area contributed by atoms with Crippen molar-refractivity contribution in [1.82, 2.24) is 5.32 Å². The number of urea groups is 1. The van der Waals surface area contributed by atoms with E-state index in [1.54, 1.807) is 12.1 Å². The molecule has 0 atom stereocenters. The van der Waals surface area contributed by atoms with E-state index in [4.69, 9.17) is 5.73 Å². The van der Waals surface area contributed by atoms with Gasteiger partial charge < -0.3 is 11.1 Å². The molecule has 0 saturated heterocycles. The molecule has 1 fully saturated rings. The molecule has 1 aliphatic rings. The van der Waals surface area contributed by atoms with Crippen molar-refractivity contribution in [1.29, 1.82) is 0 Å². The molecule has 0 radical (unpaired) electrons.